The maximum Gasteiger partial charge on any atom is 0.336 e. The van der Waals surface area contributed by atoms with Crippen LogP contribution in [0.2, 0.25) is 0 Å². The van der Waals surface area contributed by atoms with Gasteiger partial charge in [-0.2, -0.15) is 0 Å². The Balaban J connectivity index is 2.21. The number of aliphatic hydroxyl groups is 1. The smallest absolute Gasteiger partial charge is 0.336 e. The van der Waals surface area contributed by atoms with Crippen LogP contribution in [0.25, 0.3) is 0 Å². The molecule has 14 heavy (non-hydrogen) atoms. The van der Waals surface area contributed by atoms with Crippen LogP contribution in [-0.2, 0) is 9.53 Å². The molecule has 1 saturated heterocycles. The van der Waals surface area contributed by atoms with E-state index in [1.165, 1.54) is 0 Å². The highest BCUT2D eigenvalue weighted by atomic mass is 16.5. The SMILES string of the molecule is O=C(O)C1(C2CCCC2O)CCCO1. The number of rotatable bonds is 2. The molecule has 3 unspecified atom stereocenters. The van der Waals surface area contributed by atoms with Crippen molar-refractivity contribution in [3.8, 4) is 0 Å². The zero-order chi connectivity index (χ0) is 10.2. The van der Waals surface area contributed by atoms with E-state index in [0.717, 1.165) is 19.3 Å². The lowest BCUT2D eigenvalue weighted by Gasteiger charge is -2.32. The van der Waals surface area contributed by atoms with E-state index in [0.29, 0.717) is 19.4 Å². The first-order chi connectivity index (χ1) is 6.67. The van der Waals surface area contributed by atoms with E-state index in [1.807, 2.05) is 0 Å². The summed E-state index contributed by atoms with van der Waals surface area (Å²) in [5.74, 6) is -1.11. The molecule has 80 valence electrons. The summed E-state index contributed by atoms with van der Waals surface area (Å²) in [5, 5.41) is 18.9. The lowest BCUT2D eigenvalue weighted by atomic mass is 9.82. The lowest BCUT2D eigenvalue weighted by Crippen LogP contribution is -2.48. The van der Waals surface area contributed by atoms with Gasteiger partial charge in [-0.15, -0.1) is 0 Å². The predicted molar refractivity (Wildman–Crippen MR) is 48.9 cm³/mol. The molecule has 2 fully saturated rings. The molecule has 2 aliphatic rings. The average Bonchev–Trinajstić information content (AvgIpc) is 2.72. The summed E-state index contributed by atoms with van der Waals surface area (Å²) in [6, 6.07) is 0. The van der Waals surface area contributed by atoms with Crippen molar-refractivity contribution in [1.29, 1.82) is 0 Å². The van der Waals surface area contributed by atoms with Crippen LogP contribution in [0.1, 0.15) is 32.1 Å². The van der Waals surface area contributed by atoms with Crippen LogP contribution < -0.4 is 0 Å². The van der Waals surface area contributed by atoms with E-state index >= 15 is 0 Å². The van der Waals surface area contributed by atoms with E-state index in [4.69, 9.17) is 4.74 Å². The van der Waals surface area contributed by atoms with E-state index in [2.05, 4.69) is 0 Å². The molecule has 0 radical (unpaired) electrons. The Bertz CT molecular complexity index is 232. The van der Waals surface area contributed by atoms with E-state index < -0.39 is 17.7 Å². The summed E-state index contributed by atoms with van der Waals surface area (Å²) in [6.07, 6.45) is 3.23. The van der Waals surface area contributed by atoms with E-state index in [1.54, 1.807) is 0 Å². The van der Waals surface area contributed by atoms with Gasteiger partial charge in [-0.1, -0.05) is 6.42 Å². The highest BCUT2D eigenvalue weighted by Crippen LogP contribution is 2.42. The number of hydrogen-bond acceptors (Lipinski definition) is 3. The quantitative estimate of drug-likeness (QED) is 0.691. The van der Waals surface area contributed by atoms with Crippen molar-refractivity contribution in [3.05, 3.63) is 0 Å². The van der Waals surface area contributed by atoms with Crippen molar-refractivity contribution in [2.75, 3.05) is 6.61 Å². The second-order valence-electron chi connectivity index (χ2n) is 4.25. The summed E-state index contributed by atoms with van der Waals surface area (Å²) in [5.41, 5.74) is -1.09. The summed E-state index contributed by atoms with van der Waals surface area (Å²) in [7, 11) is 0. The average molecular weight is 200 g/mol. The molecule has 4 nitrogen and oxygen atoms in total. The number of carbonyl (C=O) groups is 1. The van der Waals surface area contributed by atoms with E-state index in [9.17, 15) is 15.0 Å². The van der Waals surface area contributed by atoms with Gasteiger partial charge in [0.05, 0.1) is 6.10 Å². The first kappa shape index (κ1) is 9.93. The molecule has 4 heteroatoms. The summed E-state index contributed by atoms with van der Waals surface area (Å²) < 4.78 is 5.40. The zero-order valence-corrected chi connectivity index (χ0v) is 8.11. The molecule has 1 saturated carbocycles. The Morgan fingerprint density at radius 1 is 1.36 bits per heavy atom. The molecule has 2 N–H and O–H groups in total. The third-order valence-electron chi connectivity index (χ3n) is 3.49. The third kappa shape index (κ3) is 1.33. The molecular formula is C10H16O4. The summed E-state index contributed by atoms with van der Waals surface area (Å²) in [4.78, 5) is 11.2. The number of aliphatic hydroxyl groups excluding tert-OH is 1. The van der Waals surface area contributed by atoms with Crippen LogP contribution >= 0.6 is 0 Å². The molecule has 0 bridgehead atoms. The molecule has 3 atom stereocenters. The molecule has 0 amide bonds. The van der Waals surface area contributed by atoms with Crippen LogP contribution in [0.15, 0.2) is 0 Å². The Morgan fingerprint density at radius 3 is 2.57 bits per heavy atom. The minimum Gasteiger partial charge on any atom is -0.479 e. The Kier molecular flexibility index (Phi) is 2.49. The first-order valence-electron chi connectivity index (χ1n) is 5.22. The first-order valence-corrected chi connectivity index (χ1v) is 5.22. The maximum atomic E-state index is 11.2. The van der Waals surface area contributed by atoms with Gasteiger partial charge in [0.25, 0.3) is 0 Å². The molecule has 1 heterocycles. The Labute approximate surface area is 82.9 Å². The topological polar surface area (TPSA) is 66.8 Å². The fourth-order valence-corrected chi connectivity index (χ4v) is 2.77. The minimum atomic E-state index is -1.09. The van der Waals surface area contributed by atoms with Crippen molar-refractivity contribution in [3.63, 3.8) is 0 Å². The molecular weight excluding hydrogens is 184 g/mol. The zero-order valence-electron chi connectivity index (χ0n) is 8.11. The molecule has 0 aromatic carbocycles. The number of aliphatic carboxylic acids is 1. The summed E-state index contributed by atoms with van der Waals surface area (Å²) >= 11 is 0. The van der Waals surface area contributed by atoms with Crippen molar-refractivity contribution < 1.29 is 19.7 Å². The highest BCUT2D eigenvalue weighted by molar-refractivity contribution is 5.78. The molecule has 1 aliphatic carbocycles. The van der Waals surface area contributed by atoms with Crippen molar-refractivity contribution >= 4 is 5.97 Å². The van der Waals surface area contributed by atoms with Gasteiger partial charge in [0, 0.05) is 12.5 Å². The second-order valence-corrected chi connectivity index (χ2v) is 4.25. The number of ether oxygens (including phenoxy) is 1. The van der Waals surface area contributed by atoms with E-state index in [-0.39, 0.29) is 5.92 Å². The van der Waals surface area contributed by atoms with Crippen LogP contribution in [-0.4, -0.2) is 34.5 Å². The number of hydrogen-bond donors (Lipinski definition) is 2. The minimum absolute atomic E-state index is 0.206. The maximum absolute atomic E-state index is 11.2. The molecule has 1 aliphatic heterocycles. The van der Waals surface area contributed by atoms with Gasteiger partial charge in [-0.05, 0) is 25.7 Å². The fourth-order valence-electron chi connectivity index (χ4n) is 2.77. The highest BCUT2D eigenvalue weighted by Gasteiger charge is 2.53. The number of carboxylic acids is 1. The van der Waals surface area contributed by atoms with Gasteiger partial charge in [0.15, 0.2) is 5.60 Å². The van der Waals surface area contributed by atoms with Gasteiger partial charge >= 0.3 is 5.97 Å². The van der Waals surface area contributed by atoms with Gasteiger partial charge in [0.1, 0.15) is 0 Å². The second kappa shape index (κ2) is 3.51. The standard InChI is InChI=1S/C10H16O4/c11-8-4-1-3-7(8)10(9(12)13)5-2-6-14-10/h7-8,11H,1-6H2,(H,12,13). The van der Waals surface area contributed by atoms with Gasteiger partial charge in [-0.25, -0.2) is 4.79 Å². The predicted octanol–water partition coefficient (Wildman–Crippen LogP) is 0.781. The van der Waals surface area contributed by atoms with Crippen LogP contribution in [0.4, 0.5) is 0 Å². The van der Waals surface area contributed by atoms with Crippen molar-refractivity contribution in [2.45, 2.75) is 43.8 Å². The molecule has 0 aromatic heterocycles. The molecule has 2 rings (SSSR count). The Morgan fingerprint density at radius 2 is 2.14 bits per heavy atom. The van der Waals surface area contributed by atoms with Gasteiger partial charge in [-0.3, -0.25) is 0 Å². The lowest BCUT2D eigenvalue weighted by molar-refractivity contribution is -0.171. The van der Waals surface area contributed by atoms with Crippen LogP contribution in [0, 0.1) is 5.92 Å². The number of carboxylic acid groups (broad SMARTS) is 1. The van der Waals surface area contributed by atoms with Gasteiger partial charge < -0.3 is 14.9 Å². The monoisotopic (exact) mass is 200 g/mol. The Hall–Kier alpha value is -0.610. The van der Waals surface area contributed by atoms with Crippen molar-refractivity contribution in [2.24, 2.45) is 5.92 Å². The normalized spacial score (nSPS) is 42.9. The largest absolute Gasteiger partial charge is 0.479 e. The van der Waals surface area contributed by atoms with Crippen LogP contribution in [0.3, 0.4) is 0 Å². The van der Waals surface area contributed by atoms with Crippen LogP contribution in [0.5, 0.6) is 0 Å². The summed E-state index contributed by atoms with van der Waals surface area (Å²) in [6.45, 7) is 0.509. The fraction of sp³-hybridized carbons (Fsp3) is 0.900. The molecule has 0 aromatic rings. The van der Waals surface area contributed by atoms with Crippen molar-refractivity contribution in [1.82, 2.24) is 0 Å². The van der Waals surface area contributed by atoms with Gasteiger partial charge in [0.2, 0.25) is 0 Å². The molecule has 0 spiro atoms. The third-order valence-corrected chi connectivity index (χ3v) is 3.49.